The van der Waals surface area contributed by atoms with E-state index < -0.39 is 97.1 Å². The number of ether oxygens (including phenoxy) is 3. The number of nitrogens with two attached hydrogens (primary N) is 1. The molecule has 2 aromatic rings. The number of piperidine rings is 1. The number of esters is 2. The van der Waals surface area contributed by atoms with Crippen molar-refractivity contribution in [2.24, 2.45) is 34.3 Å². The smallest absolute Gasteiger partial charge is 0.410 e. The Morgan fingerprint density at radius 2 is 1.46 bits per heavy atom. The van der Waals surface area contributed by atoms with E-state index in [2.05, 4.69) is 10.6 Å². The van der Waals surface area contributed by atoms with Gasteiger partial charge in [0.15, 0.2) is 0 Å². The van der Waals surface area contributed by atoms with E-state index >= 15 is 8.78 Å². The van der Waals surface area contributed by atoms with Crippen molar-refractivity contribution in [2.75, 3.05) is 20.1 Å². The molecule has 0 radical (unpaired) electrons. The number of rotatable bonds is 24. The molecule has 0 aromatic heterocycles. The van der Waals surface area contributed by atoms with Gasteiger partial charge in [0, 0.05) is 24.6 Å². The standard InChI is InChI=1S/C49H69F2N4O12P/c1-11-12-18-38(44(59)55-26-36-31(3)41(36)42(55)43(58)54-37(23-24-39(52)56)32(4)63-27-33-16-14-13-15-17-33)53-40(57)25-30(2)34-19-21-35(22-20-34)49(50,51)68(62,66-28-64-45(60)47(5,6)7)67-29-65-46(61)48(8,9)10/h13-17,19-22,25,31-32,36-38,41-42H,11-12,18,23-24,26-29H2,1-10H3,(H2,52,56)(H,53,57)(H,54,58)/b30-25+/t31-,32-,36+,37+,38+,41-,42+/m1/s1. The molecule has 4 N–H and O–H groups in total. The number of carbonyl (C=O) groups is 6. The number of fused-ring (bicyclic) bond motifs is 1. The SMILES string of the molecule is CCCC[C@H](NC(=O)/C=C(\C)c1ccc(C(F)(F)P(=O)(OCOC(=O)C(C)(C)C)OCOC(=O)C(C)(C)C)cc1)C(=O)N1C[C@H]2[C@@H](C)[C@H]2[C@H]1C(=O)N[C@@H](CCC(N)=O)[C@@H](C)OCc1ccccc1. The molecule has 0 spiro atoms. The fraction of sp³-hybridized carbons (Fsp3) is 0.592. The van der Waals surface area contributed by atoms with E-state index in [4.69, 9.17) is 29.0 Å². The second-order valence-electron chi connectivity index (χ2n) is 19.7. The zero-order valence-electron chi connectivity index (χ0n) is 40.8. The fourth-order valence-electron chi connectivity index (χ4n) is 7.77. The number of allylic oxidation sites excluding steroid dienone is 1. The first-order valence-corrected chi connectivity index (χ1v) is 24.5. The van der Waals surface area contributed by atoms with Crippen LogP contribution in [0.3, 0.4) is 0 Å². The molecule has 2 aliphatic rings. The quantitative estimate of drug-likeness (QED) is 0.0401. The first kappa shape index (κ1) is 55.6. The summed E-state index contributed by atoms with van der Waals surface area (Å²) in [4.78, 5) is 80.1. The Kier molecular flexibility index (Phi) is 19.2. The van der Waals surface area contributed by atoms with Crippen LogP contribution in [0.4, 0.5) is 8.78 Å². The molecule has 1 saturated carbocycles. The summed E-state index contributed by atoms with van der Waals surface area (Å²) in [5, 5.41) is 5.87. The van der Waals surface area contributed by atoms with Gasteiger partial charge in [0.25, 0.3) is 0 Å². The largest absolute Gasteiger partial charge is 0.438 e. The van der Waals surface area contributed by atoms with Crippen molar-refractivity contribution in [3.63, 3.8) is 0 Å². The number of benzene rings is 2. The lowest BCUT2D eigenvalue weighted by atomic mass is 9.98. The van der Waals surface area contributed by atoms with E-state index in [1.54, 1.807) is 6.92 Å². The first-order chi connectivity index (χ1) is 31.7. The molecule has 1 aliphatic carbocycles. The second kappa shape index (κ2) is 23.5. The number of hydrogen-bond acceptors (Lipinski definition) is 12. The van der Waals surface area contributed by atoms with Crippen LogP contribution < -0.4 is 16.4 Å². The highest BCUT2D eigenvalue weighted by Gasteiger charge is 2.63. The van der Waals surface area contributed by atoms with Crippen LogP contribution in [0, 0.1) is 28.6 Å². The van der Waals surface area contributed by atoms with E-state index in [9.17, 15) is 33.3 Å². The molecule has 2 fully saturated rings. The molecule has 19 heteroatoms. The predicted octanol–water partition coefficient (Wildman–Crippen LogP) is 7.58. The normalized spacial score (nSPS) is 19.8. The van der Waals surface area contributed by atoms with Gasteiger partial charge >= 0.3 is 25.2 Å². The molecule has 1 heterocycles. The summed E-state index contributed by atoms with van der Waals surface area (Å²) in [5.74, 6) is -3.42. The monoisotopic (exact) mass is 974 g/mol. The van der Waals surface area contributed by atoms with Crippen LogP contribution in [0.2, 0.25) is 0 Å². The molecular formula is C49H69F2N4O12P. The van der Waals surface area contributed by atoms with Crippen molar-refractivity contribution in [1.29, 1.82) is 0 Å². The highest BCUT2D eigenvalue weighted by Crippen LogP contribution is 2.67. The van der Waals surface area contributed by atoms with Crippen LogP contribution in [0.25, 0.3) is 5.57 Å². The second-order valence-corrected chi connectivity index (χ2v) is 21.7. The maximum absolute atomic E-state index is 16.1. The van der Waals surface area contributed by atoms with Crippen molar-refractivity contribution in [3.05, 3.63) is 77.4 Å². The van der Waals surface area contributed by atoms with E-state index in [0.717, 1.165) is 17.7 Å². The van der Waals surface area contributed by atoms with Crippen molar-refractivity contribution in [2.45, 2.75) is 138 Å². The Morgan fingerprint density at radius 3 is 1.99 bits per heavy atom. The Labute approximate surface area is 398 Å². The Balaban J connectivity index is 1.49. The molecule has 0 unspecified atom stereocenters. The van der Waals surface area contributed by atoms with Gasteiger partial charge in [0.05, 0.1) is 29.6 Å². The number of nitrogens with zero attached hydrogens (tertiary/aromatic N) is 1. The zero-order chi connectivity index (χ0) is 50.8. The average molecular weight is 975 g/mol. The van der Waals surface area contributed by atoms with E-state index in [1.807, 2.05) is 51.1 Å². The fourth-order valence-corrected chi connectivity index (χ4v) is 9.02. The first-order valence-electron chi connectivity index (χ1n) is 23.0. The molecule has 2 aromatic carbocycles. The number of carbonyl (C=O) groups excluding carboxylic acids is 6. The third-order valence-corrected chi connectivity index (χ3v) is 14.0. The van der Waals surface area contributed by atoms with Crippen LogP contribution in [0.15, 0.2) is 60.7 Å². The van der Waals surface area contributed by atoms with Gasteiger partial charge in [-0.05, 0) is 103 Å². The zero-order valence-corrected chi connectivity index (χ0v) is 41.7. The summed E-state index contributed by atoms with van der Waals surface area (Å²) in [7, 11) is -5.56. The number of unbranched alkanes of at least 4 members (excludes halogenated alkanes) is 1. The molecule has 1 aliphatic heterocycles. The molecule has 376 valence electrons. The predicted molar refractivity (Wildman–Crippen MR) is 249 cm³/mol. The Bertz CT molecular complexity index is 2140. The highest BCUT2D eigenvalue weighted by molar-refractivity contribution is 7.54. The molecule has 0 bridgehead atoms. The maximum atomic E-state index is 16.1. The number of hydrogen-bond donors (Lipinski definition) is 3. The number of primary amides is 1. The van der Waals surface area contributed by atoms with Crippen LogP contribution in [-0.4, -0.2) is 84.8 Å². The van der Waals surface area contributed by atoms with Crippen molar-refractivity contribution < 1.29 is 65.4 Å². The lowest BCUT2D eigenvalue weighted by Gasteiger charge is -2.33. The van der Waals surface area contributed by atoms with E-state index in [-0.39, 0.29) is 49.5 Å². The third kappa shape index (κ3) is 14.7. The molecule has 4 rings (SSSR count). The van der Waals surface area contributed by atoms with Gasteiger partial charge in [-0.15, -0.1) is 0 Å². The number of likely N-dealkylation sites (tertiary alicyclic amines) is 1. The Hall–Kier alpha value is -5.03. The highest BCUT2D eigenvalue weighted by atomic mass is 31.2. The molecule has 68 heavy (non-hydrogen) atoms. The topological polar surface area (TPSA) is 219 Å². The summed E-state index contributed by atoms with van der Waals surface area (Å²) in [6.45, 7) is 14.8. The van der Waals surface area contributed by atoms with Gasteiger partial charge < -0.3 is 35.5 Å². The Morgan fingerprint density at radius 1 is 0.882 bits per heavy atom. The summed E-state index contributed by atoms with van der Waals surface area (Å²) in [5.41, 5.74) is -0.158. The van der Waals surface area contributed by atoms with E-state index in [0.29, 0.717) is 30.5 Å². The molecule has 4 amide bonds. The summed E-state index contributed by atoms with van der Waals surface area (Å²) in [6, 6.07) is 11.5. The third-order valence-electron chi connectivity index (χ3n) is 12.1. The van der Waals surface area contributed by atoms with Crippen LogP contribution in [-0.2, 0) is 68.9 Å². The molecule has 16 nitrogen and oxygen atoms in total. The van der Waals surface area contributed by atoms with Gasteiger partial charge in [-0.2, -0.15) is 8.78 Å². The van der Waals surface area contributed by atoms with Crippen molar-refractivity contribution >= 4 is 48.7 Å². The minimum atomic E-state index is -5.56. The molecule has 7 atom stereocenters. The van der Waals surface area contributed by atoms with Gasteiger partial charge in [-0.25, -0.2) is 0 Å². The van der Waals surface area contributed by atoms with Gasteiger partial charge in [-0.3, -0.25) is 42.4 Å². The maximum Gasteiger partial charge on any atom is 0.410 e. The van der Waals surface area contributed by atoms with Gasteiger partial charge in [0.1, 0.15) is 12.1 Å². The van der Waals surface area contributed by atoms with Crippen LogP contribution in [0.5, 0.6) is 0 Å². The van der Waals surface area contributed by atoms with Gasteiger partial charge in [-0.1, -0.05) is 81.3 Å². The molecular weight excluding hydrogens is 906 g/mol. The summed E-state index contributed by atoms with van der Waals surface area (Å²) < 4.78 is 71.9. The van der Waals surface area contributed by atoms with Crippen molar-refractivity contribution in [1.82, 2.24) is 15.5 Å². The number of alkyl halides is 2. The van der Waals surface area contributed by atoms with Crippen LogP contribution >= 0.6 is 7.60 Å². The number of amides is 4. The summed E-state index contributed by atoms with van der Waals surface area (Å²) >= 11 is 0. The minimum Gasteiger partial charge on any atom is -0.438 e. The molecule has 1 saturated heterocycles. The average Bonchev–Trinajstić information content (AvgIpc) is 3.69. The van der Waals surface area contributed by atoms with Crippen LogP contribution in [0.1, 0.15) is 118 Å². The lowest BCUT2D eigenvalue weighted by molar-refractivity contribution is -0.163. The van der Waals surface area contributed by atoms with Gasteiger partial charge in [0.2, 0.25) is 37.2 Å². The van der Waals surface area contributed by atoms with E-state index in [1.165, 1.54) is 64.7 Å². The number of halogens is 2. The van der Waals surface area contributed by atoms with Crippen molar-refractivity contribution in [3.8, 4) is 0 Å². The summed E-state index contributed by atoms with van der Waals surface area (Å²) in [6.07, 6.45) is 2.54. The minimum absolute atomic E-state index is 0.0102. The lowest BCUT2D eigenvalue weighted by Crippen LogP contribution is -2.57. The number of nitrogens with one attached hydrogen (secondary N) is 2.